The van der Waals surface area contributed by atoms with Crippen LogP contribution in [0, 0.1) is 6.92 Å². The van der Waals surface area contributed by atoms with Crippen molar-refractivity contribution in [3.05, 3.63) is 24.2 Å². The Labute approximate surface area is 63.1 Å². The molecular formula is C7H7N3O. The normalized spacial score (nSPS) is 10.6. The van der Waals surface area contributed by atoms with Crippen LogP contribution in [0.1, 0.15) is 5.82 Å². The van der Waals surface area contributed by atoms with Gasteiger partial charge in [-0.1, -0.05) is 0 Å². The van der Waals surface area contributed by atoms with Crippen LogP contribution in [0.2, 0.25) is 0 Å². The van der Waals surface area contributed by atoms with Crippen molar-refractivity contribution in [3.63, 3.8) is 0 Å². The minimum absolute atomic E-state index is 0.160. The molecule has 1 N–H and O–H groups in total. The van der Waals surface area contributed by atoms with Gasteiger partial charge in [-0.15, -0.1) is 0 Å². The van der Waals surface area contributed by atoms with E-state index in [-0.39, 0.29) is 5.75 Å². The van der Waals surface area contributed by atoms with Crippen LogP contribution < -0.4 is 0 Å². The Balaban J connectivity index is 2.90. The van der Waals surface area contributed by atoms with E-state index in [9.17, 15) is 5.11 Å². The molecule has 0 fully saturated rings. The molecule has 56 valence electrons. The lowest BCUT2D eigenvalue weighted by Crippen LogP contribution is -1.84. The average molecular weight is 149 g/mol. The fourth-order valence-corrected chi connectivity index (χ4v) is 0.999. The Hall–Kier alpha value is -1.58. The van der Waals surface area contributed by atoms with Gasteiger partial charge in [0.15, 0.2) is 11.4 Å². The van der Waals surface area contributed by atoms with E-state index in [2.05, 4.69) is 10.1 Å². The first-order valence-electron chi connectivity index (χ1n) is 3.28. The highest BCUT2D eigenvalue weighted by molar-refractivity contribution is 5.51. The number of nitrogens with zero attached hydrogens (tertiary/aromatic N) is 3. The number of aromatic nitrogens is 3. The van der Waals surface area contributed by atoms with Crippen LogP contribution >= 0.6 is 0 Å². The molecule has 0 spiro atoms. The van der Waals surface area contributed by atoms with Gasteiger partial charge < -0.3 is 5.11 Å². The van der Waals surface area contributed by atoms with Gasteiger partial charge in [-0.05, 0) is 19.1 Å². The van der Waals surface area contributed by atoms with Crippen LogP contribution in [-0.4, -0.2) is 19.7 Å². The molecule has 2 rings (SSSR count). The minimum atomic E-state index is 0.160. The average Bonchev–Trinajstić information content (AvgIpc) is 2.31. The van der Waals surface area contributed by atoms with Crippen molar-refractivity contribution in [1.29, 1.82) is 0 Å². The van der Waals surface area contributed by atoms with Crippen LogP contribution in [0.4, 0.5) is 0 Å². The second kappa shape index (κ2) is 1.95. The molecular weight excluding hydrogens is 142 g/mol. The van der Waals surface area contributed by atoms with Crippen molar-refractivity contribution in [1.82, 2.24) is 14.6 Å². The first kappa shape index (κ1) is 6.15. The number of aromatic hydroxyl groups is 1. The van der Waals surface area contributed by atoms with E-state index in [4.69, 9.17) is 0 Å². The lowest BCUT2D eigenvalue weighted by atomic mass is 10.4. The molecule has 2 heterocycles. The van der Waals surface area contributed by atoms with Gasteiger partial charge >= 0.3 is 0 Å². The van der Waals surface area contributed by atoms with Gasteiger partial charge in [-0.3, -0.25) is 0 Å². The molecule has 0 atom stereocenters. The minimum Gasteiger partial charge on any atom is -0.504 e. The van der Waals surface area contributed by atoms with Crippen LogP contribution in [0.15, 0.2) is 18.3 Å². The lowest BCUT2D eigenvalue weighted by Gasteiger charge is -1.91. The smallest absolute Gasteiger partial charge is 0.197 e. The summed E-state index contributed by atoms with van der Waals surface area (Å²) >= 11 is 0. The Bertz CT molecular complexity index is 393. The number of pyridine rings is 1. The number of hydrogen-bond acceptors (Lipinski definition) is 3. The summed E-state index contributed by atoms with van der Waals surface area (Å²) in [6, 6.07) is 3.31. The van der Waals surface area contributed by atoms with Gasteiger partial charge in [0.1, 0.15) is 5.82 Å². The van der Waals surface area contributed by atoms with Gasteiger partial charge in [0.05, 0.1) is 0 Å². The quantitative estimate of drug-likeness (QED) is 0.601. The molecule has 0 aromatic carbocycles. The van der Waals surface area contributed by atoms with Crippen LogP contribution in [0.3, 0.4) is 0 Å². The Morgan fingerprint density at radius 1 is 1.55 bits per heavy atom. The maximum Gasteiger partial charge on any atom is 0.197 e. The zero-order valence-electron chi connectivity index (χ0n) is 6.02. The van der Waals surface area contributed by atoms with Crippen LogP contribution in [-0.2, 0) is 0 Å². The van der Waals surface area contributed by atoms with E-state index in [1.54, 1.807) is 29.8 Å². The van der Waals surface area contributed by atoms with Crippen LogP contribution in [0.5, 0.6) is 5.75 Å². The topological polar surface area (TPSA) is 50.4 Å². The van der Waals surface area contributed by atoms with Gasteiger partial charge in [-0.2, -0.15) is 5.10 Å². The van der Waals surface area contributed by atoms with Crippen LogP contribution in [0.25, 0.3) is 5.65 Å². The molecule has 0 radical (unpaired) electrons. The highest BCUT2D eigenvalue weighted by Gasteiger charge is 2.01. The predicted octanol–water partition coefficient (Wildman–Crippen LogP) is 0.743. The fourth-order valence-electron chi connectivity index (χ4n) is 0.999. The number of rotatable bonds is 0. The molecule has 0 amide bonds. The molecule has 0 aliphatic heterocycles. The van der Waals surface area contributed by atoms with E-state index in [0.29, 0.717) is 11.5 Å². The van der Waals surface area contributed by atoms with E-state index in [1.807, 2.05) is 0 Å². The fraction of sp³-hybridized carbons (Fsp3) is 0.143. The summed E-state index contributed by atoms with van der Waals surface area (Å²) in [6.45, 7) is 1.78. The largest absolute Gasteiger partial charge is 0.504 e. The second-order valence-electron chi connectivity index (χ2n) is 2.32. The van der Waals surface area contributed by atoms with Crippen molar-refractivity contribution >= 4 is 5.65 Å². The summed E-state index contributed by atoms with van der Waals surface area (Å²) in [4.78, 5) is 4.01. The van der Waals surface area contributed by atoms with Gasteiger partial charge in [0.25, 0.3) is 0 Å². The number of aryl methyl sites for hydroxylation is 1. The molecule has 0 saturated heterocycles. The molecule has 2 aromatic rings. The first-order chi connectivity index (χ1) is 5.27. The Morgan fingerprint density at radius 2 is 2.36 bits per heavy atom. The molecule has 4 nitrogen and oxygen atoms in total. The third-order valence-electron chi connectivity index (χ3n) is 1.45. The Morgan fingerprint density at radius 3 is 3.09 bits per heavy atom. The van der Waals surface area contributed by atoms with Gasteiger partial charge in [-0.25, -0.2) is 9.50 Å². The van der Waals surface area contributed by atoms with Gasteiger partial charge in [0.2, 0.25) is 0 Å². The number of hydrogen-bond donors (Lipinski definition) is 1. The highest BCUT2D eigenvalue weighted by atomic mass is 16.3. The third kappa shape index (κ3) is 0.832. The summed E-state index contributed by atoms with van der Waals surface area (Å²) in [5.74, 6) is 0.819. The molecule has 2 aromatic heterocycles. The van der Waals surface area contributed by atoms with E-state index < -0.39 is 0 Å². The lowest BCUT2D eigenvalue weighted by molar-refractivity contribution is 0.477. The molecule has 0 aliphatic rings. The van der Waals surface area contributed by atoms with Crippen molar-refractivity contribution in [2.24, 2.45) is 0 Å². The molecule has 11 heavy (non-hydrogen) atoms. The standard InChI is InChI=1S/C7H7N3O/c1-5-8-7-6(11)3-2-4-10(7)9-5/h2-4,11H,1H3. The maximum absolute atomic E-state index is 9.26. The van der Waals surface area contributed by atoms with E-state index in [1.165, 1.54) is 0 Å². The van der Waals surface area contributed by atoms with Crippen molar-refractivity contribution in [2.45, 2.75) is 6.92 Å². The molecule has 0 aliphatic carbocycles. The molecule has 0 unspecified atom stereocenters. The SMILES string of the molecule is Cc1nc2c(O)cccn2n1. The Kier molecular flexibility index (Phi) is 1.09. The molecule has 4 heteroatoms. The van der Waals surface area contributed by atoms with Crippen molar-refractivity contribution < 1.29 is 5.11 Å². The second-order valence-corrected chi connectivity index (χ2v) is 2.32. The first-order valence-corrected chi connectivity index (χ1v) is 3.28. The third-order valence-corrected chi connectivity index (χ3v) is 1.45. The highest BCUT2D eigenvalue weighted by Crippen LogP contribution is 2.13. The van der Waals surface area contributed by atoms with Crippen molar-refractivity contribution in [2.75, 3.05) is 0 Å². The predicted molar refractivity (Wildman–Crippen MR) is 39.4 cm³/mol. The van der Waals surface area contributed by atoms with E-state index >= 15 is 0 Å². The summed E-state index contributed by atoms with van der Waals surface area (Å²) in [7, 11) is 0. The zero-order chi connectivity index (χ0) is 7.84. The van der Waals surface area contributed by atoms with Crippen molar-refractivity contribution in [3.8, 4) is 5.75 Å². The molecule has 0 saturated carbocycles. The summed E-state index contributed by atoms with van der Waals surface area (Å²) in [5, 5.41) is 13.3. The molecule has 0 bridgehead atoms. The maximum atomic E-state index is 9.26. The number of fused-ring (bicyclic) bond motifs is 1. The summed E-state index contributed by atoms with van der Waals surface area (Å²) < 4.78 is 1.55. The zero-order valence-corrected chi connectivity index (χ0v) is 6.02. The summed E-state index contributed by atoms with van der Waals surface area (Å²) in [6.07, 6.45) is 1.75. The van der Waals surface area contributed by atoms with E-state index in [0.717, 1.165) is 0 Å². The summed E-state index contributed by atoms with van der Waals surface area (Å²) in [5.41, 5.74) is 0.505. The monoisotopic (exact) mass is 149 g/mol. The van der Waals surface area contributed by atoms with Gasteiger partial charge in [0, 0.05) is 6.20 Å².